The summed E-state index contributed by atoms with van der Waals surface area (Å²) in [5, 5.41) is 2.95. The molecule has 0 saturated carbocycles. The summed E-state index contributed by atoms with van der Waals surface area (Å²) in [5.41, 5.74) is 0.584. The maximum absolute atomic E-state index is 14.1. The monoisotopic (exact) mass is 297 g/mol. The van der Waals surface area contributed by atoms with Crippen LogP contribution in [0.5, 0.6) is 0 Å². The van der Waals surface area contributed by atoms with E-state index in [1.165, 1.54) is 25.1 Å². The van der Waals surface area contributed by atoms with Gasteiger partial charge in [0.1, 0.15) is 0 Å². The lowest BCUT2D eigenvalue weighted by atomic mass is 9.96. The van der Waals surface area contributed by atoms with Crippen molar-refractivity contribution in [3.8, 4) is 0 Å². The van der Waals surface area contributed by atoms with E-state index in [-0.39, 0.29) is 11.1 Å². The summed E-state index contributed by atoms with van der Waals surface area (Å²) in [7, 11) is 0. The SMILES string of the molecule is CCNC(c1ccc(F)c(F)c1)c1ccc(C)c(F)c1F. The van der Waals surface area contributed by atoms with E-state index in [0.717, 1.165) is 12.1 Å². The zero-order valence-corrected chi connectivity index (χ0v) is 11.7. The van der Waals surface area contributed by atoms with Gasteiger partial charge in [0.25, 0.3) is 0 Å². The first-order chi connectivity index (χ1) is 9.95. The lowest BCUT2D eigenvalue weighted by molar-refractivity contribution is 0.475. The standard InChI is InChI=1S/C16H15F4N/c1-3-21-16(10-5-7-12(17)13(18)8-10)11-6-4-9(2)14(19)15(11)20/h4-8,16,21H,3H2,1-2H3. The van der Waals surface area contributed by atoms with Crippen molar-refractivity contribution in [3.63, 3.8) is 0 Å². The van der Waals surface area contributed by atoms with Gasteiger partial charge in [-0.25, -0.2) is 17.6 Å². The molecule has 21 heavy (non-hydrogen) atoms. The molecule has 1 unspecified atom stereocenters. The van der Waals surface area contributed by atoms with Crippen LogP contribution >= 0.6 is 0 Å². The molecule has 2 aromatic rings. The van der Waals surface area contributed by atoms with E-state index in [0.29, 0.717) is 12.1 Å². The fraction of sp³-hybridized carbons (Fsp3) is 0.250. The highest BCUT2D eigenvalue weighted by atomic mass is 19.2. The molecule has 112 valence electrons. The summed E-state index contributed by atoms with van der Waals surface area (Å²) in [5.74, 6) is -3.92. The molecule has 0 fully saturated rings. The van der Waals surface area contributed by atoms with Crippen LogP contribution in [-0.4, -0.2) is 6.54 Å². The number of aryl methyl sites for hydroxylation is 1. The molecule has 0 aliphatic rings. The molecule has 2 rings (SSSR count). The highest BCUT2D eigenvalue weighted by Gasteiger charge is 2.21. The van der Waals surface area contributed by atoms with Gasteiger partial charge in [-0.3, -0.25) is 0 Å². The van der Waals surface area contributed by atoms with Gasteiger partial charge < -0.3 is 5.32 Å². The topological polar surface area (TPSA) is 12.0 Å². The number of benzene rings is 2. The van der Waals surface area contributed by atoms with Crippen molar-refractivity contribution in [3.05, 3.63) is 70.3 Å². The Morgan fingerprint density at radius 3 is 2.29 bits per heavy atom. The van der Waals surface area contributed by atoms with Crippen LogP contribution in [0.25, 0.3) is 0 Å². The average Bonchev–Trinajstić information content (AvgIpc) is 2.46. The van der Waals surface area contributed by atoms with Crippen LogP contribution < -0.4 is 5.32 Å². The molecule has 0 radical (unpaired) electrons. The highest BCUT2D eigenvalue weighted by Crippen LogP contribution is 2.28. The quantitative estimate of drug-likeness (QED) is 0.832. The second kappa shape index (κ2) is 6.26. The van der Waals surface area contributed by atoms with E-state index in [2.05, 4.69) is 5.32 Å². The number of hydrogen-bond acceptors (Lipinski definition) is 1. The molecular weight excluding hydrogens is 282 g/mol. The molecule has 1 N–H and O–H groups in total. The second-order valence-electron chi connectivity index (χ2n) is 4.76. The van der Waals surface area contributed by atoms with Gasteiger partial charge in [-0.15, -0.1) is 0 Å². The maximum Gasteiger partial charge on any atom is 0.164 e. The molecule has 0 bridgehead atoms. The summed E-state index contributed by atoms with van der Waals surface area (Å²) in [6.45, 7) is 3.70. The Balaban J connectivity index is 2.53. The van der Waals surface area contributed by atoms with Gasteiger partial charge in [-0.05, 0) is 36.7 Å². The van der Waals surface area contributed by atoms with E-state index < -0.39 is 29.3 Å². The van der Waals surface area contributed by atoms with Crippen LogP contribution in [0.3, 0.4) is 0 Å². The first-order valence-corrected chi connectivity index (χ1v) is 6.58. The van der Waals surface area contributed by atoms with Crippen molar-refractivity contribution in [1.29, 1.82) is 0 Å². The number of hydrogen-bond donors (Lipinski definition) is 1. The molecule has 1 nitrogen and oxygen atoms in total. The van der Waals surface area contributed by atoms with E-state index in [4.69, 9.17) is 0 Å². The summed E-state index contributed by atoms with van der Waals surface area (Å²) < 4.78 is 54.2. The summed E-state index contributed by atoms with van der Waals surface area (Å²) in [4.78, 5) is 0. The van der Waals surface area contributed by atoms with Crippen molar-refractivity contribution < 1.29 is 17.6 Å². The lowest BCUT2D eigenvalue weighted by Gasteiger charge is -2.20. The minimum absolute atomic E-state index is 0.0611. The predicted octanol–water partition coefficient (Wildman–Crippen LogP) is 4.25. The van der Waals surface area contributed by atoms with Crippen molar-refractivity contribution in [1.82, 2.24) is 5.32 Å². The van der Waals surface area contributed by atoms with Gasteiger partial charge in [-0.2, -0.15) is 0 Å². The van der Waals surface area contributed by atoms with Crippen molar-refractivity contribution in [2.45, 2.75) is 19.9 Å². The average molecular weight is 297 g/mol. The van der Waals surface area contributed by atoms with E-state index in [9.17, 15) is 17.6 Å². The normalized spacial score (nSPS) is 12.5. The molecule has 0 aromatic heterocycles. The van der Waals surface area contributed by atoms with Gasteiger partial charge in [0, 0.05) is 5.56 Å². The van der Waals surface area contributed by atoms with Gasteiger partial charge >= 0.3 is 0 Å². The lowest BCUT2D eigenvalue weighted by Crippen LogP contribution is -2.23. The van der Waals surface area contributed by atoms with Crippen molar-refractivity contribution >= 4 is 0 Å². The number of nitrogens with one attached hydrogen (secondary N) is 1. The smallest absolute Gasteiger partial charge is 0.164 e. The third-order valence-corrected chi connectivity index (χ3v) is 3.30. The molecule has 2 aromatic carbocycles. The zero-order valence-electron chi connectivity index (χ0n) is 11.7. The van der Waals surface area contributed by atoms with Crippen LogP contribution in [0.1, 0.15) is 29.7 Å². The van der Waals surface area contributed by atoms with Crippen LogP contribution in [0.4, 0.5) is 17.6 Å². The molecule has 0 heterocycles. The van der Waals surface area contributed by atoms with Crippen LogP contribution in [0.15, 0.2) is 30.3 Å². The van der Waals surface area contributed by atoms with Crippen molar-refractivity contribution in [2.24, 2.45) is 0 Å². The minimum atomic E-state index is -1.02. The molecule has 5 heteroatoms. The second-order valence-corrected chi connectivity index (χ2v) is 4.76. The van der Waals surface area contributed by atoms with E-state index in [1.807, 2.05) is 0 Å². The van der Waals surface area contributed by atoms with Gasteiger partial charge in [0.2, 0.25) is 0 Å². The third kappa shape index (κ3) is 3.08. The Labute approximate surface area is 120 Å². The van der Waals surface area contributed by atoms with Gasteiger partial charge in [0.15, 0.2) is 23.3 Å². The zero-order chi connectivity index (χ0) is 15.6. The fourth-order valence-electron chi connectivity index (χ4n) is 2.19. The Kier molecular flexibility index (Phi) is 4.63. The highest BCUT2D eigenvalue weighted by molar-refractivity contribution is 5.35. The van der Waals surface area contributed by atoms with E-state index >= 15 is 0 Å². The molecule has 0 aliphatic heterocycles. The molecule has 0 aliphatic carbocycles. The van der Waals surface area contributed by atoms with E-state index in [1.54, 1.807) is 6.92 Å². The maximum atomic E-state index is 14.1. The molecule has 0 spiro atoms. The Bertz CT molecular complexity index is 655. The molecule has 1 atom stereocenters. The Morgan fingerprint density at radius 2 is 1.67 bits per heavy atom. The fourth-order valence-corrected chi connectivity index (χ4v) is 2.19. The number of rotatable bonds is 4. The van der Waals surface area contributed by atoms with Crippen LogP contribution in [0.2, 0.25) is 0 Å². The first-order valence-electron chi connectivity index (χ1n) is 6.58. The minimum Gasteiger partial charge on any atom is -0.306 e. The van der Waals surface area contributed by atoms with Crippen LogP contribution in [-0.2, 0) is 0 Å². The molecular formula is C16H15F4N. The predicted molar refractivity (Wildman–Crippen MR) is 73.0 cm³/mol. The Morgan fingerprint density at radius 1 is 0.952 bits per heavy atom. The summed E-state index contributed by atoms with van der Waals surface area (Å²) in [6.07, 6.45) is 0. The number of halogens is 4. The molecule has 0 saturated heterocycles. The van der Waals surface area contributed by atoms with Gasteiger partial charge in [-0.1, -0.05) is 25.1 Å². The first kappa shape index (κ1) is 15.5. The van der Waals surface area contributed by atoms with Crippen molar-refractivity contribution in [2.75, 3.05) is 6.54 Å². The summed E-state index contributed by atoms with van der Waals surface area (Å²) in [6, 6.07) is 5.46. The Hall–Kier alpha value is -1.88. The third-order valence-electron chi connectivity index (χ3n) is 3.30. The summed E-state index contributed by atoms with van der Waals surface area (Å²) >= 11 is 0. The largest absolute Gasteiger partial charge is 0.306 e. The van der Waals surface area contributed by atoms with Crippen LogP contribution in [0, 0.1) is 30.2 Å². The van der Waals surface area contributed by atoms with Gasteiger partial charge in [0.05, 0.1) is 6.04 Å². The molecule has 0 amide bonds.